The van der Waals surface area contributed by atoms with E-state index < -0.39 is 17.8 Å². The number of imide groups is 1. The summed E-state index contributed by atoms with van der Waals surface area (Å²) in [4.78, 5) is 76.7. The number of aryl methyl sites for hydroxylation is 1. The van der Waals surface area contributed by atoms with Crippen LogP contribution in [0.5, 0.6) is 0 Å². The lowest BCUT2D eigenvalue weighted by Crippen LogP contribution is -2.47. The zero-order valence-electron chi connectivity index (χ0n) is 35.7. The third kappa shape index (κ3) is 9.37. The molecule has 9 rings (SSSR count). The van der Waals surface area contributed by atoms with E-state index in [1.54, 1.807) is 54.2 Å². The number of imidazole rings is 1. The number of aromatic nitrogens is 5. The van der Waals surface area contributed by atoms with Crippen LogP contribution < -0.4 is 27.2 Å². The second kappa shape index (κ2) is 18.4. The fourth-order valence-corrected chi connectivity index (χ4v) is 10.1. The molecule has 0 spiro atoms. The predicted octanol–water partition coefficient (Wildman–Crippen LogP) is 4.50. The van der Waals surface area contributed by atoms with Gasteiger partial charge >= 0.3 is 5.69 Å². The van der Waals surface area contributed by atoms with Crippen molar-refractivity contribution in [3.8, 4) is 16.9 Å². The van der Waals surface area contributed by atoms with Crippen LogP contribution in [0.1, 0.15) is 81.7 Å². The van der Waals surface area contributed by atoms with E-state index in [9.17, 15) is 28.4 Å². The number of hydrogen-bond acceptors (Lipinski definition) is 10. The van der Waals surface area contributed by atoms with Crippen LogP contribution in [0.15, 0.2) is 82.6 Å². The van der Waals surface area contributed by atoms with Crippen molar-refractivity contribution >= 4 is 34.7 Å². The van der Waals surface area contributed by atoms with Gasteiger partial charge in [0.2, 0.25) is 23.7 Å². The Hall–Kier alpha value is -6.00. The number of amides is 3. The summed E-state index contributed by atoms with van der Waals surface area (Å²) in [5.74, 6) is 0.158. The molecule has 1 saturated carbocycles. The number of hydrogen-bond donors (Lipinski definition) is 3. The molecule has 3 N–H and O–H groups in total. The van der Waals surface area contributed by atoms with Gasteiger partial charge in [0.15, 0.2) is 5.82 Å². The smallest absolute Gasteiger partial charge is 0.329 e. The normalized spacial score (nSPS) is 22.0. The number of halogens is 1. The molecule has 63 heavy (non-hydrogen) atoms. The number of likely N-dealkylation sites (tertiary alicyclic amines) is 2. The standard InChI is InChI=1S/C47H55FN10O5/c1-54-40-26-32(8-13-38(40)58(47(54)63)39-14-15-41(59)52-45(39)62)31-18-23-55(24-19-31)28-30-16-21-56(22-17-30)29-42(60)50-34-9-11-35(12-10-34)51-46-49-27-37(48)44(53-46)33-5-4-6-36(25-33)57-20-3-2-7-43(57)61/h2-8,13,20,25-27,30-31,34-35,39H,9-12,14-19,21-24,28-29H2,1H3,(H,50,60)(H,49,51,53)(H,52,59,62). The van der Waals surface area contributed by atoms with Crippen LogP contribution in [0.2, 0.25) is 0 Å². The number of nitrogens with zero attached hydrogens (tertiary/aromatic N) is 7. The number of piperidine rings is 3. The fourth-order valence-electron chi connectivity index (χ4n) is 10.1. The molecule has 1 atom stereocenters. The summed E-state index contributed by atoms with van der Waals surface area (Å²) >= 11 is 0. The van der Waals surface area contributed by atoms with E-state index in [0.29, 0.717) is 42.0 Å². The molecule has 0 bridgehead atoms. The van der Waals surface area contributed by atoms with Gasteiger partial charge in [-0.25, -0.2) is 19.2 Å². The minimum atomic E-state index is -0.686. The van der Waals surface area contributed by atoms with Crippen molar-refractivity contribution in [3.05, 3.63) is 105 Å². The van der Waals surface area contributed by atoms with Crippen LogP contribution in [0.25, 0.3) is 28.0 Å². The average molecular weight is 859 g/mol. The highest BCUT2D eigenvalue weighted by atomic mass is 19.1. The molecule has 16 heteroatoms. The number of nitrogens with one attached hydrogen (secondary N) is 3. The fraction of sp³-hybridized carbons (Fsp3) is 0.468. The maximum absolute atomic E-state index is 15.0. The first-order valence-electron chi connectivity index (χ1n) is 22.4. The van der Waals surface area contributed by atoms with Gasteiger partial charge in [-0.1, -0.05) is 24.3 Å². The van der Waals surface area contributed by atoms with Gasteiger partial charge < -0.3 is 15.5 Å². The first kappa shape index (κ1) is 42.3. The zero-order chi connectivity index (χ0) is 43.6. The first-order chi connectivity index (χ1) is 30.6. The van der Waals surface area contributed by atoms with Gasteiger partial charge in [0.25, 0.3) is 5.56 Å². The highest BCUT2D eigenvalue weighted by Crippen LogP contribution is 2.33. The molecule has 4 aliphatic rings. The van der Waals surface area contributed by atoms with Gasteiger partial charge in [-0.3, -0.25) is 43.1 Å². The maximum Gasteiger partial charge on any atom is 0.329 e. The van der Waals surface area contributed by atoms with E-state index in [1.165, 1.54) is 27.0 Å². The molecule has 3 saturated heterocycles. The molecule has 1 aliphatic carbocycles. The van der Waals surface area contributed by atoms with E-state index in [-0.39, 0.29) is 47.3 Å². The predicted molar refractivity (Wildman–Crippen MR) is 237 cm³/mol. The van der Waals surface area contributed by atoms with Gasteiger partial charge in [0.05, 0.1) is 23.8 Å². The maximum atomic E-state index is 15.0. The molecule has 2 aromatic carbocycles. The molecular formula is C47H55FN10O5. The summed E-state index contributed by atoms with van der Waals surface area (Å²) in [6, 6.07) is 17.7. The Kier molecular flexibility index (Phi) is 12.3. The number of fused-ring (bicyclic) bond motifs is 1. The number of pyridine rings is 1. The largest absolute Gasteiger partial charge is 0.352 e. The Morgan fingerprint density at radius 2 is 1.59 bits per heavy atom. The SMILES string of the molecule is Cn1c(=O)n(C2CCC(=O)NC2=O)c2ccc(C3CCN(CC4CCN(CC(=O)NC5CCC(Nc6ncc(F)c(-c7cccc(-n8ccccc8=O)c7)n6)CC5)CC4)CC3)cc21. The van der Waals surface area contributed by atoms with E-state index in [1.807, 2.05) is 6.07 Å². The van der Waals surface area contributed by atoms with E-state index >= 15 is 0 Å². The second-order valence-electron chi connectivity index (χ2n) is 17.8. The van der Waals surface area contributed by atoms with E-state index in [4.69, 9.17) is 0 Å². The average Bonchev–Trinajstić information content (AvgIpc) is 3.53. The van der Waals surface area contributed by atoms with Crippen LogP contribution in [0, 0.1) is 11.7 Å². The summed E-state index contributed by atoms with van der Waals surface area (Å²) < 4.78 is 19.6. The zero-order valence-corrected chi connectivity index (χ0v) is 35.7. The summed E-state index contributed by atoms with van der Waals surface area (Å²) in [7, 11) is 1.74. The third-order valence-corrected chi connectivity index (χ3v) is 13.7. The third-order valence-electron chi connectivity index (χ3n) is 13.7. The minimum absolute atomic E-state index is 0.0734. The number of carbonyl (C=O) groups is 3. The van der Waals surface area contributed by atoms with E-state index in [2.05, 4.69) is 47.9 Å². The highest BCUT2D eigenvalue weighted by molar-refractivity contribution is 6.00. The topological polar surface area (TPSA) is 168 Å². The Morgan fingerprint density at radius 3 is 2.35 bits per heavy atom. The summed E-state index contributed by atoms with van der Waals surface area (Å²) in [6.45, 7) is 5.35. The lowest BCUT2D eigenvalue weighted by Gasteiger charge is -2.38. The van der Waals surface area contributed by atoms with Crippen LogP contribution in [-0.4, -0.2) is 103 Å². The van der Waals surface area contributed by atoms with Crippen molar-refractivity contribution in [1.29, 1.82) is 0 Å². The lowest BCUT2D eigenvalue weighted by atomic mass is 9.88. The quantitative estimate of drug-likeness (QED) is 0.161. The van der Waals surface area contributed by atoms with Crippen molar-refractivity contribution in [2.75, 3.05) is 44.6 Å². The van der Waals surface area contributed by atoms with Gasteiger partial charge in [0, 0.05) is 55.6 Å². The van der Waals surface area contributed by atoms with Crippen LogP contribution in [0.4, 0.5) is 10.3 Å². The molecule has 0 radical (unpaired) electrons. The minimum Gasteiger partial charge on any atom is -0.352 e. The van der Waals surface area contributed by atoms with Crippen LogP contribution in [-0.2, 0) is 21.4 Å². The molecule has 4 fully saturated rings. The summed E-state index contributed by atoms with van der Waals surface area (Å²) in [5, 5.41) is 9.03. The van der Waals surface area contributed by atoms with Crippen molar-refractivity contribution < 1.29 is 18.8 Å². The molecule has 3 aromatic heterocycles. The molecule has 330 valence electrons. The Bertz CT molecular complexity index is 2620. The van der Waals surface area contributed by atoms with Crippen LogP contribution in [0.3, 0.4) is 0 Å². The van der Waals surface area contributed by atoms with Crippen molar-refractivity contribution in [1.82, 2.24) is 44.1 Å². The molecule has 15 nitrogen and oxygen atoms in total. The Labute approximate surface area is 364 Å². The highest BCUT2D eigenvalue weighted by Gasteiger charge is 2.32. The van der Waals surface area contributed by atoms with Crippen LogP contribution >= 0.6 is 0 Å². The molecule has 1 unspecified atom stereocenters. The monoisotopic (exact) mass is 858 g/mol. The molecule has 3 aliphatic heterocycles. The van der Waals surface area contributed by atoms with Gasteiger partial charge in [-0.2, -0.15) is 0 Å². The summed E-state index contributed by atoms with van der Waals surface area (Å²) in [6.07, 6.45) is 10.9. The molecule has 5 aromatic rings. The molecule has 3 amide bonds. The second-order valence-corrected chi connectivity index (χ2v) is 17.8. The van der Waals surface area contributed by atoms with Gasteiger partial charge in [-0.05, 0) is 132 Å². The first-order valence-corrected chi connectivity index (χ1v) is 22.4. The van der Waals surface area contributed by atoms with Crippen molar-refractivity contribution in [3.63, 3.8) is 0 Å². The Balaban J connectivity index is 0.692. The van der Waals surface area contributed by atoms with Gasteiger partial charge in [-0.15, -0.1) is 0 Å². The lowest BCUT2D eigenvalue weighted by molar-refractivity contribution is -0.135. The number of anilines is 1. The number of benzene rings is 2. The number of carbonyl (C=O) groups excluding carboxylic acids is 3. The number of rotatable bonds is 11. The van der Waals surface area contributed by atoms with E-state index in [0.717, 1.165) is 95.1 Å². The van der Waals surface area contributed by atoms with Crippen molar-refractivity contribution in [2.24, 2.45) is 13.0 Å². The van der Waals surface area contributed by atoms with Gasteiger partial charge in [0.1, 0.15) is 11.7 Å². The van der Waals surface area contributed by atoms with Crippen molar-refractivity contribution in [2.45, 2.75) is 88.3 Å². The summed E-state index contributed by atoms with van der Waals surface area (Å²) in [5.41, 5.74) is 3.65. The Morgan fingerprint density at radius 1 is 0.825 bits per heavy atom. The molecular weight excluding hydrogens is 804 g/mol. The molecule has 6 heterocycles.